The normalized spacial score (nSPS) is 16.3. The van der Waals surface area contributed by atoms with Gasteiger partial charge in [-0.1, -0.05) is 6.92 Å². The minimum atomic E-state index is -0.772. The lowest BCUT2D eigenvalue weighted by Gasteiger charge is -2.16. The van der Waals surface area contributed by atoms with Crippen LogP contribution in [0.25, 0.3) is 0 Å². The van der Waals surface area contributed by atoms with Crippen molar-refractivity contribution in [1.29, 1.82) is 0 Å². The third-order valence-electron chi connectivity index (χ3n) is 3.52. The van der Waals surface area contributed by atoms with Gasteiger partial charge in [0.25, 0.3) is 0 Å². The average molecular weight is 251 g/mol. The summed E-state index contributed by atoms with van der Waals surface area (Å²) in [5.74, 6) is -0.772. The molecule has 5 heteroatoms. The summed E-state index contributed by atoms with van der Waals surface area (Å²) >= 11 is 0. The molecule has 2 rings (SSSR count). The molecule has 1 aliphatic carbocycles. The van der Waals surface area contributed by atoms with Gasteiger partial charge in [-0.2, -0.15) is 0 Å². The molecule has 0 saturated carbocycles. The van der Waals surface area contributed by atoms with E-state index in [-0.39, 0.29) is 0 Å². The van der Waals surface area contributed by atoms with E-state index in [2.05, 4.69) is 14.9 Å². The number of hydrogen-bond acceptors (Lipinski definition) is 3. The standard InChI is InChI=1S/C13H21N3O2/c1-2-14-11(13(17)18)7-8-16-9-15-10-5-3-4-6-12(10)16/h9,11,14H,2-8H2,1H3,(H,17,18). The van der Waals surface area contributed by atoms with Crippen molar-refractivity contribution in [2.24, 2.45) is 0 Å². The second kappa shape index (κ2) is 6.00. The van der Waals surface area contributed by atoms with Crippen molar-refractivity contribution < 1.29 is 9.90 Å². The maximum Gasteiger partial charge on any atom is 0.320 e. The molecule has 0 radical (unpaired) electrons. The molecule has 1 heterocycles. The zero-order valence-corrected chi connectivity index (χ0v) is 10.9. The van der Waals surface area contributed by atoms with Crippen LogP contribution in [0.5, 0.6) is 0 Å². The van der Waals surface area contributed by atoms with E-state index in [1.807, 2.05) is 13.3 Å². The first-order chi connectivity index (χ1) is 8.72. The van der Waals surface area contributed by atoms with Gasteiger partial charge in [-0.25, -0.2) is 4.98 Å². The molecule has 2 N–H and O–H groups in total. The minimum Gasteiger partial charge on any atom is -0.480 e. The molecule has 0 bridgehead atoms. The molecule has 0 saturated heterocycles. The van der Waals surface area contributed by atoms with Gasteiger partial charge in [0, 0.05) is 12.2 Å². The topological polar surface area (TPSA) is 67.2 Å². The maximum absolute atomic E-state index is 11.1. The monoisotopic (exact) mass is 251 g/mol. The summed E-state index contributed by atoms with van der Waals surface area (Å²) < 4.78 is 2.13. The summed E-state index contributed by atoms with van der Waals surface area (Å²) in [5.41, 5.74) is 2.51. The molecule has 0 amide bonds. The number of aromatic nitrogens is 2. The molecule has 5 nitrogen and oxygen atoms in total. The quantitative estimate of drug-likeness (QED) is 0.797. The first-order valence-corrected chi connectivity index (χ1v) is 6.71. The molecule has 1 aliphatic rings. The number of aryl methyl sites for hydroxylation is 2. The first kappa shape index (κ1) is 13.1. The van der Waals surface area contributed by atoms with Crippen molar-refractivity contribution in [3.05, 3.63) is 17.7 Å². The number of likely N-dealkylation sites (N-methyl/N-ethyl adjacent to an activating group) is 1. The fraction of sp³-hybridized carbons (Fsp3) is 0.692. The number of imidazole rings is 1. The molecule has 1 atom stereocenters. The third kappa shape index (κ3) is 2.90. The Morgan fingerprint density at radius 2 is 2.33 bits per heavy atom. The zero-order valence-electron chi connectivity index (χ0n) is 10.9. The van der Waals surface area contributed by atoms with Gasteiger partial charge in [-0.05, 0) is 38.6 Å². The van der Waals surface area contributed by atoms with E-state index >= 15 is 0 Å². The van der Waals surface area contributed by atoms with Crippen molar-refractivity contribution >= 4 is 5.97 Å². The lowest BCUT2D eigenvalue weighted by molar-refractivity contribution is -0.139. The Hall–Kier alpha value is -1.36. The number of aliphatic carboxylic acids is 1. The number of rotatable bonds is 6. The Balaban J connectivity index is 1.97. The van der Waals surface area contributed by atoms with E-state index in [4.69, 9.17) is 5.11 Å². The van der Waals surface area contributed by atoms with Crippen LogP contribution in [0, 0.1) is 0 Å². The highest BCUT2D eigenvalue weighted by atomic mass is 16.4. The molecule has 1 aromatic heterocycles. The van der Waals surface area contributed by atoms with Crippen LogP contribution in [0.2, 0.25) is 0 Å². The summed E-state index contributed by atoms with van der Waals surface area (Å²) in [7, 11) is 0. The highest BCUT2D eigenvalue weighted by molar-refractivity contribution is 5.73. The molecule has 100 valence electrons. The van der Waals surface area contributed by atoms with Crippen molar-refractivity contribution in [3.63, 3.8) is 0 Å². The zero-order chi connectivity index (χ0) is 13.0. The Labute approximate surface area is 107 Å². The van der Waals surface area contributed by atoms with E-state index in [9.17, 15) is 4.79 Å². The van der Waals surface area contributed by atoms with Crippen LogP contribution >= 0.6 is 0 Å². The van der Waals surface area contributed by atoms with Crippen LogP contribution in [-0.2, 0) is 24.2 Å². The number of fused-ring (bicyclic) bond motifs is 1. The Morgan fingerprint density at radius 1 is 1.56 bits per heavy atom. The van der Waals surface area contributed by atoms with Gasteiger partial charge in [0.05, 0.1) is 12.0 Å². The second-order valence-electron chi connectivity index (χ2n) is 4.78. The van der Waals surface area contributed by atoms with Crippen molar-refractivity contribution in [1.82, 2.24) is 14.9 Å². The van der Waals surface area contributed by atoms with E-state index in [1.54, 1.807) is 0 Å². The van der Waals surface area contributed by atoms with Gasteiger partial charge >= 0.3 is 5.97 Å². The third-order valence-corrected chi connectivity index (χ3v) is 3.52. The number of hydrogen-bond donors (Lipinski definition) is 2. The number of carboxylic acids is 1. The van der Waals surface area contributed by atoms with Crippen molar-refractivity contribution in [2.45, 2.75) is 51.6 Å². The number of carbonyl (C=O) groups is 1. The predicted octanol–water partition coefficient (Wildman–Crippen LogP) is 1.21. The summed E-state index contributed by atoms with van der Waals surface area (Å²) in [6, 6.07) is -0.461. The molecule has 1 unspecified atom stereocenters. The summed E-state index contributed by atoms with van der Waals surface area (Å²) in [6.45, 7) is 3.33. The lowest BCUT2D eigenvalue weighted by atomic mass is 10.0. The Morgan fingerprint density at radius 3 is 3.06 bits per heavy atom. The highest BCUT2D eigenvalue weighted by Gasteiger charge is 2.18. The van der Waals surface area contributed by atoms with E-state index < -0.39 is 12.0 Å². The smallest absolute Gasteiger partial charge is 0.320 e. The van der Waals surface area contributed by atoms with Gasteiger partial charge in [0.15, 0.2) is 0 Å². The predicted molar refractivity (Wildman–Crippen MR) is 68.6 cm³/mol. The summed E-state index contributed by atoms with van der Waals surface area (Å²) in [4.78, 5) is 15.5. The van der Waals surface area contributed by atoms with Gasteiger partial charge < -0.3 is 15.0 Å². The van der Waals surface area contributed by atoms with Crippen molar-refractivity contribution in [2.75, 3.05) is 6.54 Å². The molecule has 1 aromatic rings. The van der Waals surface area contributed by atoms with Gasteiger partial charge in [0.2, 0.25) is 0 Å². The Bertz CT molecular complexity index is 414. The number of nitrogens with zero attached hydrogens (tertiary/aromatic N) is 2. The number of carboxylic acid groups (broad SMARTS) is 1. The first-order valence-electron chi connectivity index (χ1n) is 6.71. The lowest BCUT2D eigenvalue weighted by Crippen LogP contribution is -2.37. The van der Waals surface area contributed by atoms with Crippen LogP contribution in [-0.4, -0.2) is 33.2 Å². The van der Waals surface area contributed by atoms with Gasteiger partial charge in [-0.15, -0.1) is 0 Å². The SMILES string of the molecule is CCNC(CCn1cnc2c1CCCC2)C(=O)O. The van der Waals surface area contributed by atoms with E-state index in [0.717, 1.165) is 19.4 Å². The molecule has 18 heavy (non-hydrogen) atoms. The molecular formula is C13H21N3O2. The number of nitrogens with one attached hydrogen (secondary N) is 1. The molecule has 0 aromatic carbocycles. The van der Waals surface area contributed by atoms with Crippen LogP contribution < -0.4 is 5.32 Å². The van der Waals surface area contributed by atoms with Gasteiger partial charge in [0.1, 0.15) is 6.04 Å². The molecule has 0 spiro atoms. The summed E-state index contributed by atoms with van der Waals surface area (Å²) in [6.07, 6.45) is 7.05. The van der Waals surface area contributed by atoms with Crippen LogP contribution in [0.3, 0.4) is 0 Å². The molecular weight excluding hydrogens is 230 g/mol. The molecule has 0 fully saturated rings. The van der Waals surface area contributed by atoms with E-state index in [0.29, 0.717) is 13.0 Å². The van der Waals surface area contributed by atoms with Crippen LogP contribution in [0.1, 0.15) is 37.6 Å². The highest BCUT2D eigenvalue weighted by Crippen LogP contribution is 2.20. The largest absolute Gasteiger partial charge is 0.480 e. The molecule has 0 aliphatic heterocycles. The van der Waals surface area contributed by atoms with Crippen LogP contribution in [0.4, 0.5) is 0 Å². The maximum atomic E-state index is 11.1. The Kier molecular flexibility index (Phi) is 4.36. The van der Waals surface area contributed by atoms with Gasteiger partial charge in [-0.3, -0.25) is 4.79 Å². The fourth-order valence-electron chi connectivity index (χ4n) is 2.55. The second-order valence-corrected chi connectivity index (χ2v) is 4.78. The minimum absolute atomic E-state index is 0.461. The average Bonchev–Trinajstić information content (AvgIpc) is 2.77. The van der Waals surface area contributed by atoms with Crippen molar-refractivity contribution in [3.8, 4) is 0 Å². The summed E-state index contributed by atoms with van der Waals surface area (Å²) in [5, 5.41) is 12.1. The van der Waals surface area contributed by atoms with Crippen LogP contribution in [0.15, 0.2) is 6.33 Å². The van der Waals surface area contributed by atoms with E-state index in [1.165, 1.54) is 24.2 Å². The fourth-order valence-corrected chi connectivity index (χ4v) is 2.55.